The van der Waals surface area contributed by atoms with E-state index in [0.29, 0.717) is 11.6 Å². The highest BCUT2D eigenvalue weighted by molar-refractivity contribution is 6.30. The molecule has 0 radical (unpaired) electrons. The molecule has 64 valence electrons. The van der Waals surface area contributed by atoms with Crippen molar-refractivity contribution >= 4 is 23.7 Å². The molecule has 12 heavy (non-hydrogen) atoms. The first-order chi connectivity index (χ1) is 5.83. The molecular weight excluding hydrogens is 174 g/mol. The standard InChI is InChI=1S/C9H10ClNO/c1-2-12-7-11-9-5-3-8(10)4-6-9/h3-7H,2H2,1H3. The zero-order valence-electron chi connectivity index (χ0n) is 6.83. The fraction of sp³-hybridized carbons (Fsp3) is 0.222. The zero-order chi connectivity index (χ0) is 8.81. The first kappa shape index (κ1) is 9.07. The molecule has 0 aromatic heterocycles. The van der Waals surface area contributed by atoms with Gasteiger partial charge in [-0.05, 0) is 31.2 Å². The molecule has 0 atom stereocenters. The van der Waals surface area contributed by atoms with Gasteiger partial charge in [-0.15, -0.1) is 0 Å². The van der Waals surface area contributed by atoms with E-state index in [-0.39, 0.29) is 0 Å². The Hall–Kier alpha value is -1.02. The number of halogens is 1. The Bertz CT molecular complexity index is 256. The molecule has 1 aromatic rings. The Labute approximate surface area is 76.8 Å². The Morgan fingerprint density at radius 2 is 2.08 bits per heavy atom. The molecule has 0 saturated carbocycles. The molecule has 0 amide bonds. The minimum absolute atomic E-state index is 0.636. The van der Waals surface area contributed by atoms with Gasteiger partial charge in [-0.25, -0.2) is 4.99 Å². The average Bonchev–Trinajstić information content (AvgIpc) is 2.09. The van der Waals surface area contributed by atoms with Crippen LogP contribution in [-0.4, -0.2) is 13.0 Å². The van der Waals surface area contributed by atoms with Crippen LogP contribution in [-0.2, 0) is 4.74 Å². The van der Waals surface area contributed by atoms with E-state index in [9.17, 15) is 0 Å². The third-order valence-corrected chi connectivity index (χ3v) is 1.52. The first-order valence-electron chi connectivity index (χ1n) is 3.72. The van der Waals surface area contributed by atoms with E-state index in [1.165, 1.54) is 6.40 Å². The van der Waals surface area contributed by atoms with Crippen LogP contribution in [0.25, 0.3) is 0 Å². The van der Waals surface area contributed by atoms with Gasteiger partial charge in [-0.2, -0.15) is 0 Å². The van der Waals surface area contributed by atoms with E-state index < -0.39 is 0 Å². The Balaban J connectivity index is 2.58. The summed E-state index contributed by atoms with van der Waals surface area (Å²) < 4.78 is 4.94. The summed E-state index contributed by atoms with van der Waals surface area (Å²) >= 11 is 5.69. The SMILES string of the molecule is CCOC=Nc1ccc(Cl)cc1. The molecule has 0 aliphatic rings. The van der Waals surface area contributed by atoms with E-state index in [4.69, 9.17) is 16.3 Å². The number of ether oxygens (including phenoxy) is 1. The van der Waals surface area contributed by atoms with Crippen LogP contribution in [0.15, 0.2) is 29.3 Å². The van der Waals surface area contributed by atoms with E-state index >= 15 is 0 Å². The molecule has 1 rings (SSSR count). The second kappa shape index (κ2) is 4.78. The fourth-order valence-corrected chi connectivity index (χ4v) is 0.826. The first-order valence-corrected chi connectivity index (χ1v) is 4.10. The largest absolute Gasteiger partial charge is 0.483 e. The van der Waals surface area contributed by atoms with Crippen molar-refractivity contribution < 1.29 is 4.74 Å². The van der Waals surface area contributed by atoms with Gasteiger partial charge in [0, 0.05) is 5.02 Å². The average molecular weight is 184 g/mol. The van der Waals surface area contributed by atoms with Crippen molar-refractivity contribution in [3.05, 3.63) is 29.3 Å². The predicted molar refractivity (Wildman–Crippen MR) is 51.2 cm³/mol. The maximum atomic E-state index is 5.69. The number of rotatable bonds is 3. The lowest BCUT2D eigenvalue weighted by Crippen LogP contribution is -1.83. The molecule has 0 bridgehead atoms. The van der Waals surface area contributed by atoms with Gasteiger partial charge in [0.25, 0.3) is 0 Å². The van der Waals surface area contributed by atoms with Gasteiger partial charge < -0.3 is 4.74 Å². The van der Waals surface area contributed by atoms with Crippen molar-refractivity contribution in [3.8, 4) is 0 Å². The third-order valence-electron chi connectivity index (χ3n) is 1.27. The van der Waals surface area contributed by atoms with E-state index in [2.05, 4.69) is 4.99 Å². The summed E-state index contributed by atoms with van der Waals surface area (Å²) in [5, 5.41) is 0.713. The molecule has 1 aromatic carbocycles. The van der Waals surface area contributed by atoms with Crippen molar-refractivity contribution in [2.45, 2.75) is 6.92 Å². The van der Waals surface area contributed by atoms with Gasteiger partial charge >= 0.3 is 0 Å². The zero-order valence-corrected chi connectivity index (χ0v) is 7.58. The number of nitrogens with zero attached hydrogens (tertiary/aromatic N) is 1. The molecule has 0 aliphatic carbocycles. The molecule has 3 heteroatoms. The van der Waals surface area contributed by atoms with E-state index in [1.807, 2.05) is 19.1 Å². The minimum Gasteiger partial charge on any atom is -0.483 e. The Morgan fingerprint density at radius 3 is 2.67 bits per heavy atom. The van der Waals surface area contributed by atoms with Crippen LogP contribution in [0, 0.1) is 0 Å². The topological polar surface area (TPSA) is 21.6 Å². The lowest BCUT2D eigenvalue weighted by atomic mass is 10.3. The normalized spacial score (nSPS) is 10.5. The second-order valence-electron chi connectivity index (χ2n) is 2.17. The number of hydrogen-bond acceptors (Lipinski definition) is 2. The molecule has 0 unspecified atom stereocenters. The van der Waals surface area contributed by atoms with Crippen LogP contribution >= 0.6 is 11.6 Å². The van der Waals surface area contributed by atoms with Crippen molar-refractivity contribution in [2.75, 3.05) is 6.61 Å². The highest BCUT2D eigenvalue weighted by Gasteiger charge is 1.87. The van der Waals surface area contributed by atoms with Crippen molar-refractivity contribution in [3.63, 3.8) is 0 Å². The van der Waals surface area contributed by atoms with Crippen molar-refractivity contribution in [1.29, 1.82) is 0 Å². The van der Waals surface area contributed by atoms with Crippen molar-refractivity contribution in [1.82, 2.24) is 0 Å². The fourth-order valence-electron chi connectivity index (χ4n) is 0.700. The van der Waals surface area contributed by atoms with Crippen LogP contribution in [0.1, 0.15) is 6.92 Å². The predicted octanol–water partition coefficient (Wildman–Crippen LogP) is 3.04. The van der Waals surface area contributed by atoms with Crippen LogP contribution in [0.5, 0.6) is 0 Å². The molecular formula is C9H10ClNO. The van der Waals surface area contributed by atoms with Gasteiger partial charge in [0.15, 0.2) is 6.40 Å². The number of benzene rings is 1. The lowest BCUT2D eigenvalue weighted by molar-refractivity contribution is 0.344. The molecule has 0 aliphatic heterocycles. The summed E-state index contributed by atoms with van der Waals surface area (Å²) in [5.74, 6) is 0. The molecule has 0 heterocycles. The molecule has 0 spiro atoms. The van der Waals surface area contributed by atoms with Crippen LogP contribution < -0.4 is 0 Å². The summed E-state index contributed by atoms with van der Waals surface area (Å²) in [7, 11) is 0. The summed E-state index contributed by atoms with van der Waals surface area (Å²) in [4.78, 5) is 4.03. The Kier molecular flexibility index (Phi) is 3.61. The van der Waals surface area contributed by atoms with Gasteiger partial charge in [0.05, 0.1) is 12.3 Å². The number of hydrogen-bond donors (Lipinski definition) is 0. The maximum Gasteiger partial charge on any atom is 0.174 e. The van der Waals surface area contributed by atoms with Crippen molar-refractivity contribution in [2.24, 2.45) is 4.99 Å². The maximum absolute atomic E-state index is 5.69. The summed E-state index contributed by atoms with van der Waals surface area (Å²) in [6, 6.07) is 7.25. The van der Waals surface area contributed by atoms with E-state index in [0.717, 1.165) is 5.69 Å². The summed E-state index contributed by atoms with van der Waals surface area (Å²) in [6.45, 7) is 2.55. The van der Waals surface area contributed by atoms with Gasteiger partial charge in [-0.3, -0.25) is 0 Å². The quantitative estimate of drug-likeness (QED) is 0.522. The van der Waals surface area contributed by atoms with Crippen LogP contribution in [0.4, 0.5) is 5.69 Å². The van der Waals surface area contributed by atoms with Gasteiger partial charge in [0.2, 0.25) is 0 Å². The highest BCUT2D eigenvalue weighted by Crippen LogP contribution is 2.15. The van der Waals surface area contributed by atoms with E-state index in [1.54, 1.807) is 12.1 Å². The molecule has 0 N–H and O–H groups in total. The number of aliphatic imine (C=N–C) groups is 1. The highest BCUT2D eigenvalue weighted by atomic mass is 35.5. The Morgan fingerprint density at radius 1 is 1.42 bits per heavy atom. The van der Waals surface area contributed by atoms with Gasteiger partial charge in [-0.1, -0.05) is 11.6 Å². The third kappa shape index (κ3) is 2.93. The molecule has 2 nitrogen and oxygen atoms in total. The molecule has 0 saturated heterocycles. The molecule has 0 fully saturated rings. The lowest BCUT2D eigenvalue weighted by Gasteiger charge is -1.93. The van der Waals surface area contributed by atoms with Gasteiger partial charge in [0.1, 0.15) is 0 Å². The second-order valence-corrected chi connectivity index (χ2v) is 2.60. The monoisotopic (exact) mass is 183 g/mol. The smallest absolute Gasteiger partial charge is 0.174 e. The van der Waals surface area contributed by atoms with Crippen LogP contribution in [0.2, 0.25) is 5.02 Å². The summed E-state index contributed by atoms with van der Waals surface area (Å²) in [5.41, 5.74) is 0.841. The summed E-state index contributed by atoms with van der Waals surface area (Å²) in [6.07, 6.45) is 1.43. The van der Waals surface area contributed by atoms with Crippen LogP contribution in [0.3, 0.4) is 0 Å². The minimum atomic E-state index is 0.636.